The van der Waals surface area contributed by atoms with Crippen molar-refractivity contribution in [2.45, 2.75) is 19.9 Å². The van der Waals surface area contributed by atoms with Crippen LogP contribution in [0.15, 0.2) is 42.5 Å². The standard InChI is InChI=1S/C17H18Cl2N2O3S/c1-11-15(19)8-5-9-16(11)20-17(22)12(2)21(25(3,23)24)14-7-4-6-13(18)10-14/h4-10,12H,1-3H3,(H,20,22)/t12-/m0/s1. The van der Waals surface area contributed by atoms with Gasteiger partial charge in [0.2, 0.25) is 15.9 Å². The molecule has 0 saturated heterocycles. The summed E-state index contributed by atoms with van der Waals surface area (Å²) in [7, 11) is -3.70. The Kier molecular flexibility index (Phi) is 5.98. The molecule has 0 heterocycles. The second-order valence-electron chi connectivity index (χ2n) is 5.62. The molecule has 2 aromatic carbocycles. The number of nitrogens with one attached hydrogen (secondary N) is 1. The van der Waals surface area contributed by atoms with Crippen molar-refractivity contribution in [2.24, 2.45) is 0 Å². The maximum absolute atomic E-state index is 12.6. The van der Waals surface area contributed by atoms with Gasteiger partial charge in [0, 0.05) is 15.7 Å². The van der Waals surface area contributed by atoms with Crippen LogP contribution < -0.4 is 9.62 Å². The van der Waals surface area contributed by atoms with Gasteiger partial charge in [-0.3, -0.25) is 9.10 Å². The van der Waals surface area contributed by atoms with Crippen molar-refractivity contribution in [3.63, 3.8) is 0 Å². The van der Waals surface area contributed by atoms with Crippen molar-refractivity contribution >= 4 is 50.5 Å². The third kappa shape index (κ3) is 4.66. The smallest absolute Gasteiger partial charge is 0.248 e. The SMILES string of the molecule is Cc1c(Cl)cccc1NC(=O)[C@H](C)N(c1cccc(Cl)c1)S(C)(=O)=O. The molecule has 8 heteroatoms. The Morgan fingerprint density at radius 1 is 1.16 bits per heavy atom. The summed E-state index contributed by atoms with van der Waals surface area (Å²) >= 11 is 12.0. The Morgan fingerprint density at radius 3 is 2.40 bits per heavy atom. The fourth-order valence-electron chi connectivity index (χ4n) is 2.40. The highest BCUT2D eigenvalue weighted by molar-refractivity contribution is 7.92. The van der Waals surface area contributed by atoms with Gasteiger partial charge in [-0.1, -0.05) is 35.3 Å². The van der Waals surface area contributed by atoms with Crippen LogP contribution in [0, 0.1) is 6.92 Å². The summed E-state index contributed by atoms with van der Waals surface area (Å²) in [6.07, 6.45) is 1.04. The number of rotatable bonds is 5. The van der Waals surface area contributed by atoms with E-state index < -0.39 is 22.0 Å². The number of hydrogen-bond acceptors (Lipinski definition) is 3. The Hall–Kier alpha value is -1.76. The minimum Gasteiger partial charge on any atom is -0.324 e. The average Bonchev–Trinajstić information content (AvgIpc) is 2.50. The molecule has 0 saturated carbocycles. The molecule has 2 rings (SSSR count). The van der Waals surface area contributed by atoms with Gasteiger partial charge in [-0.25, -0.2) is 8.42 Å². The highest BCUT2D eigenvalue weighted by Crippen LogP contribution is 2.26. The highest BCUT2D eigenvalue weighted by Gasteiger charge is 2.29. The third-order valence-electron chi connectivity index (χ3n) is 3.68. The Labute approximate surface area is 157 Å². The van der Waals surface area contributed by atoms with Gasteiger partial charge >= 0.3 is 0 Å². The summed E-state index contributed by atoms with van der Waals surface area (Å²) in [6.45, 7) is 3.28. The van der Waals surface area contributed by atoms with E-state index in [-0.39, 0.29) is 0 Å². The minimum atomic E-state index is -3.70. The van der Waals surface area contributed by atoms with E-state index in [9.17, 15) is 13.2 Å². The topological polar surface area (TPSA) is 66.5 Å². The molecule has 0 unspecified atom stereocenters. The second kappa shape index (κ2) is 7.64. The van der Waals surface area contributed by atoms with E-state index in [1.807, 2.05) is 0 Å². The van der Waals surface area contributed by atoms with E-state index in [1.54, 1.807) is 43.3 Å². The molecule has 134 valence electrons. The van der Waals surface area contributed by atoms with E-state index in [0.717, 1.165) is 10.6 Å². The Morgan fingerprint density at radius 2 is 1.80 bits per heavy atom. The van der Waals surface area contributed by atoms with Crippen molar-refractivity contribution in [2.75, 3.05) is 15.9 Å². The summed E-state index contributed by atoms with van der Waals surface area (Å²) in [5.41, 5.74) is 1.56. The maximum Gasteiger partial charge on any atom is 0.248 e. The van der Waals surface area contributed by atoms with Crippen molar-refractivity contribution < 1.29 is 13.2 Å². The lowest BCUT2D eigenvalue weighted by atomic mass is 10.2. The predicted molar refractivity (Wildman–Crippen MR) is 103 cm³/mol. The molecule has 1 N–H and O–H groups in total. The first-order valence-corrected chi connectivity index (χ1v) is 10.0. The number of amides is 1. The normalized spacial score (nSPS) is 12.5. The predicted octanol–water partition coefficient (Wildman–Crippen LogP) is 4.10. The lowest BCUT2D eigenvalue weighted by molar-refractivity contribution is -0.116. The van der Waals surface area contributed by atoms with E-state index in [4.69, 9.17) is 23.2 Å². The monoisotopic (exact) mass is 400 g/mol. The third-order valence-corrected chi connectivity index (χ3v) is 5.56. The van der Waals surface area contributed by atoms with Crippen molar-refractivity contribution in [3.05, 3.63) is 58.1 Å². The van der Waals surface area contributed by atoms with Gasteiger partial charge < -0.3 is 5.32 Å². The second-order valence-corrected chi connectivity index (χ2v) is 8.32. The van der Waals surface area contributed by atoms with Crippen LogP contribution in [0.25, 0.3) is 0 Å². The van der Waals surface area contributed by atoms with E-state index in [0.29, 0.717) is 27.0 Å². The largest absolute Gasteiger partial charge is 0.324 e. The van der Waals surface area contributed by atoms with Crippen LogP contribution in [-0.4, -0.2) is 26.6 Å². The van der Waals surface area contributed by atoms with Gasteiger partial charge in [-0.05, 0) is 49.7 Å². The van der Waals surface area contributed by atoms with Crippen LogP contribution in [0.2, 0.25) is 10.0 Å². The van der Waals surface area contributed by atoms with Gasteiger partial charge in [0.25, 0.3) is 0 Å². The minimum absolute atomic E-state index is 0.320. The van der Waals surface area contributed by atoms with Crippen molar-refractivity contribution in [1.29, 1.82) is 0 Å². The first-order chi connectivity index (χ1) is 11.6. The quantitative estimate of drug-likeness (QED) is 0.821. The first-order valence-electron chi connectivity index (χ1n) is 7.42. The molecule has 0 aromatic heterocycles. The number of halogens is 2. The molecular weight excluding hydrogens is 383 g/mol. The fourth-order valence-corrected chi connectivity index (χ4v) is 3.93. The molecule has 2 aromatic rings. The van der Waals surface area contributed by atoms with Crippen LogP contribution in [0.1, 0.15) is 12.5 Å². The number of anilines is 2. The summed E-state index contributed by atoms with van der Waals surface area (Å²) in [4.78, 5) is 12.6. The lowest BCUT2D eigenvalue weighted by Gasteiger charge is -2.28. The molecule has 1 amide bonds. The number of carbonyl (C=O) groups is 1. The summed E-state index contributed by atoms with van der Waals surface area (Å²) < 4.78 is 25.5. The van der Waals surface area contributed by atoms with Crippen LogP contribution in [0.3, 0.4) is 0 Å². The molecule has 5 nitrogen and oxygen atoms in total. The molecule has 1 atom stereocenters. The molecule has 0 aliphatic carbocycles. The molecule has 25 heavy (non-hydrogen) atoms. The zero-order valence-corrected chi connectivity index (χ0v) is 16.3. The van der Waals surface area contributed by atoms with E-state index in [1.165, 1.54) is 13.0 Å². The van der Waals surface area contributed by atoms with Crippen molar-refractivity contribution in [1.82, 2.24) is 0 Å². The van der Waals surface area contributed by atoms with Crippen molar-refractivity contribution in [3.8, 4) is 0 Å². The van der Waals surface area contributed by atoms with E-state index in [2.05, 4.69) is 5.32 Å². The van der Waals surface area contributed by atoms with Gasteiger partial charge in [-0.2, -0.15) is 0 Å². The summed E-state index contributed by atoms with van der Waals surface area (Å²) in [6, 6.07) is 10.5. The van der Waals surface area contributed by atoms with Crippen LogP contribution in [0.5, 0.6) is 0 Å². The molecule has 0 fully saturated rings. The van der Waals surface area contributed by atoms with Crippen LogP contribution in [-0.2, 0) is 14.8 Å². The number of carbonyl (C=O) groups excluding carboxylic acids is 1. The van der Waals surface area contributed by atoms with Crippen LogP contribution >= 0.6 is 23.2 Å². The molecule has 0 aliphatic rings. The van der Waals surface area contributed by atoms with E-state index >= 15 is 0 Å². The first kappa shape index (κ1) is 19.6. The zero-order valence-electron chi connectivity index (χ0n) is 14.0. The molecule has 0 spiro atoms. The Bertz CT molecular complexity index is 901. The molecular formula is C17H18Cl2N2O3S. The highest BCUT2D eigenvalue weighted by atomic mass is 35.5. The maximum atomic E-state index is 12.6. The van der Waals surface area contributed by atoms with Gasteiger partial charge in [0.15, 0.2) is 0 Å². The molecule has 0 aliphatic heterocycles. The van der Waals surface area contributed by atoms with Gasteiger partial charge in [0.1, 0.15) is 6.04 Å². The summed E-state index contributed by atoms with van der Waals surface area (Å²) in [5, 5.41) is 3.62. The van der Waals surface area contributed by atoms with Crippen LogP contribution in [0.4, 0.5) is 11.4 Å². The number of nitrogens with zero attached hydrogens (tertiary/aromatic N) is 1. The zero-order chi connectivity index (χ0) is 18.8. The number of sulfonamides is 1. The summed E-state index contributed by atoms with van der Waals surface area (Å²) in [5.74, 6) is -0.476. The van der Waals surface area contributed by atoms with Gasteiger partial charge in [-0.15, -0.1) is 0 Å². The Balaban J connectivity index is 2.35. The molecule has 0 radical (unpaired) electrons. The lowest BCUT2D eigenvalue weighted by Crippen LogP contribution is -2.45. The fraction of sp³-hybridized carbons (Fsp3) is 0.235. The number of benzene rings is 2. The number of hydrogen-bond donors (Lipinski definition) is 1. The van der Waals surface area contributed by atoms with Gasteiger partial charge in [0.05, 0.1) is 11.9 Å². The average molecular weight is 401 g/mol. The molecule has 0 bridgehead atoms.